The molecule has 0 fully saturated rings. The molecule has 0 unspecified atom stereocenters. The van der Waals surface area contributed by atoms with Crippen LogP contribution in [0.1, 0.15) is 51.0 Å². The number of methoxy groups -OCH3 is 1. The monoisotopic (exact) mass is 381 g/mol. The van der Waals surface area contributed by atoms with E-state index < -0.39 is 0 Å². The van der Waals surface area contributed by atoms with E-state index in [9.17, 15) is 0 Å². The second kappa shape index (κ2) is 9.99. The zero-order valence-electron chi connectivity index (χ0n) is 14.3. The number of nitrogens with one attached hydrogen (secondary N) is 1. The Morgan fingerprint density at radius 1 is 1.26 bits per heavy atom. The smallest absolute Gasteiger partial charge is 0.166 e. The van der Waals surface area contributed by atoms with Crippen LogP contribution < -0.4 is 14.8 Å². The van der Waals surface area contributed by atoms with E-state index in [0.29, 0.717) is 6.61 Å². The van der Waals surface area contributed by atoms with E-state index in [1.807, 2.05) is 12.1 Å². The normalized spacial score (nSPS) is 14.5. The minimum Gasteiger partial charge on any atom is -0.493 e. The van der Waals surface area contributed by atoms with Gasteiger partial charge in [0.25, 0.3) is 0 Å². The van der Waals surface area contributed by atoms with Crippen molar-refractivity contribution in [3.8, 4) is 11.5 Å². The quantitative estimate of drug-likeness (QED) is 0.469. The molecule has 0 amide bonds. The van der Waals surface area contributed by atoms with Crippen LogP contribution in [0.25, 0.3) is 0 Å². The van der Waals surface area contributed by atoms with Crippen molar-refractivity contribution in [2.45, 2.75) is 52.0 Å². The third-order valence-corrected chi connectivity index (χ3v) is 4.89. The van der Waals surface area contributed by atoms with E-state index in [1.165, 1.54) is 25.7 Å². The molecule has 0 aromatic heterocycles. The van der Waals surface area contributed by atoms with Crippen LogP contribution in [0.5, 0.6) is 11.5 Å². The zero-order chi connectivity index (χ0) is 16.5. The average molecular weight is 382 g/mol. The Kier molecular flexibility index (Phi) is 7.96. The van der Waals surface area contributed by atoms with Gasteiger partial charge in [-0.2, -0.15) is 0 Å². The lowest BCUT2D eigenvalue weighted by Gasteiger charge is -2.17. The van der Waals surface area contributed by atoms with Gasteiger partial charge in [-0.1, -0.05) is 34.5 Å². The molecule has 1 aliphatic carbocycles. The fraction of sp³-hybridized carbons (Fsp3) is 0.579. The molecule has 0 atom stereocenters. The predicted molar refractivity (Wildman–Crippen MR) is 99.4 cm³/mol. The van der Waals surface area contributed by atoms with E-state index in [2.05, 4.69) is 34.2 Å². The summed E-state index contributed by atoms with van der Waals surface area (Å²) in [5, 5.41) is 3.55. The maximum atomic E-state index is 5.93. The first-order chi connectivity index (χ1) is 11.3. The van der Waals surface area contributed by atoms with Crippen LogP contribution in [0.4, 0.5) is 0 Å². The Bertz CT molecular complexity index is 528. The van der Waals surface area contributed by atoms with Gasteiger partial charge in [0.15, 0.2) is 11.5 Å². The van der Waals surface area contributed by atoms with E-state index in [4.69, 9.17) is 9.47 Å². The van der Waals surface area contributed by atoms with Crippen LogP contribution in [0.3, 0.4) is 0 Å². The van der Waals surface area contributed by atoms with Crippen molar-refractivity contribution in [1.29, 1.82) is 0 Å². The molecule has 0 bridgehead atoms. The van der Waals surface area contributed by atoms with E-state index in [1.54, 1.807) is 12.7 Å². The van der Waals surface area contributed by atoms with Gasteiger partial charge in [0.1, 0.15) is 0 Å². The summed E-state index contributed by atoms with van der Waals surface area (Å²) in [5.74, 6) is 1.65. The standard InChI is InChI=1S/C19H28BrNO2/c1-3-13-23-19-16(17(20)9-10-18(19)22-2)14-21-12-11-15-7-5-4-6-8-15/h7,9-10,21H,3-6,8,11-14H2,1-2H3. The number of hydrogen-bond acceptors (Lipinski definition) is 3. The van der Waals surface area contributed by atoms with Crippen molar-refractivity contribution in [3.05, 3.63) is 33.8 Å². The molecule has 3 nitrogen and oxygen atoms in total. The number of benzene rings is 1. The van der Waals surface area contributed by atoms with Crippen molar-refractivity contribution in [2.75, 3.05) is 20.3 Å². The molecule has 0 heterocycles. The molecule has 0 aliphatic heterocycles. The highest BCUT2D eigenvalue weighted by molar-refractivity contribution is 9.10. The van der Waals surface area contributed by atoms with Gasteiger partial charge in [-0.15, -0.1) is 0 Å². The first kappa shape index (κ1) is 18.3. The summed E-state index contributed by atoms with van der Waals surface area (Å²) >= 11 is 3.64. The molecule has 2 rings (SSSR count). The highest BCUT2D eigenvalue weighted by atomic mass is 79.9. The molecule has 1 aliphatic rings. The number of hydrogen-bond donors (Lipinski definition) is 1. The highest BCUT2D eigenvalue weighted by Gasteiger charge is 2.14. The zero-order valence-corrected chi connectivity index (χ0v) is 15.9. The summed E-state index contributed by atoms with van der Waals surface area (Å²) in [6.07, 6.45) is 9.78. The van der Waals surface area contributed by atoms with Crippen LogP contribution in [-0.2, 0) is 6.54 Å². The fourth-order valence-electron chi connectivity index (χ4n) is 2.86. The van der Waals surface area contributed by atoms with Crippen molar-refractivity contribution < 1.29 is 9.47 Å². The summed E-state index contributed by atoms with van der Waals surface area (Å²) < 4.78 is 12.5. The van der Waals surface area contributed by atoms with Crippen molar-refractivity contribution in [2.24, 2.45) is 0 Å². The van der Waals surface area contributed by atoms with Crippen LogP contribution in [0, 0.1) is 0 Å². The largest absolute Gasteiger partial charge is 0.493 e. The van der Waals surface area contributed by atoms with Gasteiger partial charge in [-0.05, 0) is 57.2 Å². The summed E-state index contributed by atoms with van der Waals surface area (Å²) in [4.78, 5) is 0. The van der Waals surface area contributed by atoms with Gasteiger partial charge in [0, 0.05) is 16.6 Å². The van der Waals surface area contributed by atoms with E-state index in [0.717, 1.165) is 47.5 Å². The second-order valence-electron chi connectivity index (χ2n) is 5.94. The Hall–Kier alpha value is -1.00. The molecule has 1 aromatic rings. The summed E-state index contributed by atoms with van der Waals surface area (Å²) in [6, 6.07) is 3.98. The van der Waals surface area contributed by atoms with Gasteiger partial charge < -0.3 is 14.8 Å². The Labute approximate surface area is 148 Å². The maximum Gasteiger partial charge on any atom is 0.166 e. The van der Waals surface area contributed by atoms with Crippen LogP contribution in [0.15, 0.2) is 28.3 Å². The van der Waals surface area contributed by atoms with Crippen molar-refractivity contribution >= 4 is 15.9 Å². The summed E-state index contributed by atoms with van der Waals surface area (Å²) in [7, 11) is 1.69. The Morgan fingerprint density at radius 2 is 2.13 bits per heavy atom. The molecule has 1 N–H and O–H groups in total. The molecule has 4 heteroatoms. The van der Waals surface area contributed by atoms with Gasteiger partial charge in [0.05, 0.1) is 13.7 Å². The topological polar surface area (TPSA) is 30.5 Å². The number of halogens is 1. The van der Waals surface area contributed by atoms with E-state index in [-0.39, 0.29) is 0 Å². The van der Waals surface area contributed by atoms with Crippen LogP contribution >= 0.6 is 15.9 Å². The van der Waals surface area contributed by atoms with Crippen molar-refractivity contribution in [3.63, 3.8) is 0 Å². The molecular formula is C19H28BrNO2. The predicted octanol–water partition coefficient (Wildman–Crippen LogP) is 5.23. The van der Waals surface area contributed by atoms with Gasteiger partial charge in [-0.3, -0.25) is 0 Å². The molecule has 0 saturated carbocycles. The SMILES string of the molecule is CCCOc1c(OC)ccc(Br)c1CNCCC1=CCCCC1. The molecule has 128 valence electrons. The van der Waals surface area contributed by atoms with Crippen LogP contribution in [-0.4, -0.2) is 20.3 Å². The summed E-state index contributed by atoms with van der Waals surface area (Å²) in [6.45, 7) is 4.60. The third kappa shape index (κ3) is 5.54. The summed E-state index contributed by atoms with van der Waals surface area (Å²) in [5.41, 5.74) is 2.74. The van der Waals surface area contributed by atoms with Crippen molar-refractivity contribution in [1.82, 2.24) is 5.32 Å². The molecule has 0 saturated heterocycles. The number of ether oxygens (including phenoxy) is 2. The minimum atomic E-state index is 0.701. The lowest BCUT2D eigenvalue weighted by atomic mass is 9.97. The van der Waals surface area contributed by atoms with Gasteiger partial charge >= 0.3 is 0 Å². The van der Waals surface area contributed by atoms with E-state index >= 15 is 0 Å². The third-order valence-electron chi connectivity index (χ3n) is 4.15. The average Bonchev–Trinajstić information content (AvgIpc) is 2.59. The van der Waals surface area contributed by atoms with Gasteiger partial charge in [0.2, 0.25) is 0 Å². The molecular weight excluding hydrogens is 354 g/mol. The maximum absolute atomic E-state index is 5.93. The second-order valence-corrected chi connectivity index (χ2v) is 6.80. The number of rotatable bonds is 9. The Morgan fingerprint density at radius 3 is 2.83 bits per heavy atom. The van der Waals surface area contributed by atoms with Crippen LogP contribution in [0.2, 0.25) is 0 Å². The first-order valence-electron chi connectivity index (χ1n) is 8.63. The molecule has 23 heavy (non-hydrogen) atoms. The fourth-order valence-corrected chi connectivity index (χ4v) is 3.32. The lowest BCUT2D eigenvalue weighted by molar-refractivity contribution is 0.290. The number of allylic oxidation sites excluding steroid dienone is 1. The highest BCUT2D eigenvalue weighted by Crippen LogP contribution is 2.36. The first-order valence-corrected chi connectivity index (χ1v) is 9.42. The minimum absolute atomic E-state index is 0.701. The molecule has 0 radical (unpaired) electrons. The molecule has 1 aromatic carbocycles. The molecule has 0 spiro atoms. The lowest BCUT2D eigenvalue weighted by Crippen LogP contribution is -2.17. The Balaban J connectivity index is 1.95. The van der Waals surface area contributed by atoms with Gasteiger partial charge in [-0.25, -0.2) is 0 Å².